The summed E-state index contributed by atoms with van der Waals surface area (Å²) in [6.45, 7) is 17.7. The van der Waals surface area contributed by atoms with E-state index >= 15 is 0 Å². The third-order valence-electron chi connectivity index (χ3n) is 17.9. The smallest absolute Gasteiger partial charge is 0.452 e. The molecule has 0 aromatic carbocycles. The molecule has 0 amide bonds. The van der Waals surface area contributed by atoms with Crippen LogP contribution in [-0.4, -0.2) is 152 Å². The molecule has 62 heavy (non-hydrogen) atoms. The average molecular weight is 881 g/mol. The maximum Gasteiger partial charge on any atom is 0.520 e. The van der Waals surface area contributed by atoms with E-state index in [9.17, 15) is 20.1 Å². The van der Waals surface area contributed by atoms with Gasteiger partial charge in [-0.2, -0.15) is 0 Å². The molecule has 8 aliphatic heterocycles. The lowest BCUT2D eigenvalue weighted by atomic mass is 9.63. The number of carbonyl (C=O) groups excluding carboxylic acids is 1. The van der Waals surface area contributed by atoms with Crippen molar-refractivity contribution in [1.82, 2.24) is 0 Å². The molecule has 14 nitrogen and oxygen atoms in total. The van der Waals surface area contributed by atoms with Crippen molar-refractivity contribution in [3.8, 4) is 0 Å². The number of hydrogen-bond donors (Lipinski definition) is 3. The molecule has 8 heterocycles. The van der Waals surface area contributed by atoms with Gasteiger partial charge in [0.15, 0.2) is 30.9 Å². The Hall–Kier alpha value is -1.01. The van der Waals surface area contributed by atoms with Gasteiger partial charge in [0.05, 0.1) is 55.6 Å². The lowest BCUT2D eigenvalue weighted by Crippen LogP contribution is -2.62. The van der Waals surface area contributed by atoms with Crippen LogP contribution in [0.15, 0.2) is 0 Å². The van der Waals surface area contributed by atoms with Gasteiger partial charge < -0.3 is 61.9 Å². The third kappa shape index (κ3) is 7.47. The lowest BCUT2D eigenvalue weighted by molar-refractivity contribution is -0.322. The molecule has 25 atom stereocenters. The summed E-state index contributed by atoms with van der Waals surface area (Å²) in [6, 6.07) is 0. The second-order valence-corrected chi connectivity index (χ2v) is 21.6. The lowest BCUT2D eigenvalue weighted by Gasteiger charge is -2.47. The molecule has 9 rings (SSSR count). The van der Waals surface area contributed by atoms with Gasteiger partial charge in [-0.1, -0.05) is 48.0 Å². The van der Waals surface area contributed by atoms with Crippen molar-refractivity contribution < 1.29 is 66.7 Å². The Morgan fingerprint density at radius 2 is 1.45 bits per heavy atom. The van der Waals surface area contributed by atoms with Gasteiger partial charge in [0, 0.05) is 57.7 Å². The van der Waals surface area contributed by atoms with Crippen molar-refractivity contribution in [2.75, 3.05) is 20.8 Å². The molecule has 9 aliphatic rings. The standard InChI is InChI=1S/C48H80O14/c1-11-23(2)43-27(6)18-36-48-45(62(43)48)35-19-31(61(36)48)16-15-25(4)41(24(3)13-12-14-30-22-55-44-39(49)26(5)17-32(46(51)58-35)47(30,44)52)59-38-21-34(54-10)42(29(8)57-38)60-37-20-33(53-9)40(50)28(7)56-37/h23-45,49-50,52H,11-22H2,1-10H3/q+2/t23-,24-,25-,26+,27-,28-,29-,30+,31+,32-,33-,34-,35-,36+,37-,38-,39+,40-,41-,42-,43+,44+,45+,47+,48+/m0/s1. The van der Waals surface area contributed by atoms with E-state index in [1.54, 1.807) is 14.2 Å². The summed E-state index contributed by atoms with van der Waals surface area (Å²) in [5.74, 6) is -0.480. The van der Waals surface area contributed by atoms with E-state index in [-0.39, 0.29) is 78.2 Å². The Balaban J connectivity index is 0.965. The number of esters is 1. The quantitative estimate of drug-likeness (QED) is 0.168. The first-order valence-electron chi connectivity index (χ1n) is 24.6. The van der Waals surface area contributed by atoms with Gasteiger partial charge in [0.25, 0.3) is 0 Å². The predicted molar refractivity (Wildman–Crippen MR) is 226 cm³/mol. The summed E-state index contributed by atoms with van der Waals surface area (Å²) in [5.41, 5.74) is -1.51. The maximum atomic E-state index is 14.7. The fourth-order valence-electron chi connectivity index (χ4n) is 14.3. The van der Waals surface area contributed by atoms with Gasteiger partial charge in [0.2, 0.25) is 0 Å². The van der Waals surface area contributed by atoms with E-state index in [0.717, 1.165) is 44.9 Å². The normalized spacial score (nSPS) is 55.0. The van der Waals surface area contributed by atoms with Crippen molar-refractivity contribution in [1.29, 1.82) is 0 Å². The Labute approximate surface area is 369 Å². The second kappa shape index (κ2) is 17.6. The minimum absolute atomic E-state index is 0.0507. The van der Waals surface area contributed by atoms with Crippen LogP contribution < -0.4 is 0 Å². The van der Waals surface area contributed by atoms with Crippen LogP contribution in [0.4, 0.5) is 0 Å². The summed E-state index contributed by atoms with van der Waals surface area (Å²) >= 11 is 0. The van der Waals surface area contributed by atoms with E-state index in [0.29, 0.717) is 56.3 Å². The summed E-state index contributed by atoms with van der Waals surface area (Å²) in [4.78, 5) is 14.7. The zero-order chi connectivity index (χ0) is 44.2. The molecule has 1 saturated carbocycles. The fourth-order valence-corrected chi connectivity index (χ4v) is 14.3. The van der Waals surface area contributed by atoms with E-state index in [1.807, 2.05) is 20.8 Å². The molecule has 3 N–H and O–H groups in total. The van der Waals surface area contributed by atoms with Crippen molar-refractivity contribution in [2.45, 2.75) is 235 Å². The van der Waals surface area contributed by atoms with Gasteiger partial charge >= 0.3 is 24.0 Å². The number of rotatable bonds is 8. The number of ether oxygens (including phenoxy) is 8. The van der Waals surface area contributed by atoms with Crippen LogP contribution in [-0.2, 0) is 51.4 Å². The summed E-state index contributed by atoms with van der Waals surface area (Å²) in [6.07, 6.45) is 3.45. The Morgan fingerprint density at radius 3 is 2.16 bits per heavy atom. The van der Waals surface area contributed by atoms with Crippen molar-refractivity contribution in [3.63, 3.8) is 0 Å². The van der Waals surface area contributed by atoms with Crippen LogP contribution in [0.1, 0.15) is 126 Å². The molecule has 354 valence electrons. The van der Waals surface area contributed by atoms with Crippen molar-refractivity contribution >= 4 is 5.97 Å². The molecule has 0 aromatic heterocycles. The third-order valence-corrected chi connectivity index (χ3v) is 17.9. The predicted octanol–water partition coefficient (Wildman–Crippen LogP) is 5.12. The minimum atomic E-state index is -1.51. The largest absolute Gasteiger partial charge is 0.520 e. The summed E-state index contributed by atoms with van der Waals surface area (Å²) in [5, 5.41) is 34.7. The fraction of sp³-hybridized carbons (Fsp3) is 0.979. The number of aliphatic hydroxyl groups excluding tert-OH is 2. The minimum Gasteiger partial charge on any atom is -0.452 e. The van der Waals surface area contributed by atoms with Crippen LogP contribution in [0, 0.1) is 41.4 Å². The molecule has 0 radical (unpaired) electrons. The molecule has 0 aromatic rings. The van der Waals surface area contributed by atoms with Gasteiger partial charge in [-0.25, -0.2) is 0 Å². The number of methoxy groups -OCH3 is 2. The van der Waals surface area contributed by atoms with Crippen molar-refractivity contribution in [3.05, 3.63) is 0 Å². The van der Waals surface area contributed by atoms with Crippen molar-refractivity contribution in [2.24, 2.45) is 41.4 Å². The van der Waals surface area contributed by atoms with Crippen LogP contribution in [0.3, 0.4) is 0 Å². The Morgan fingerprint density at radius 1 is 0.774 bits per heavy atom. The molecule has 1 spiro atoms. The molecule has 14 heteroatoms. The Kier molecular flexibility index (Phi) is 13.1. The first-order chi connectivity index (χ1) is 29.6. The molecule has 0 unspecified atom stereocenters. The number of hydrogen-bond acceptors (Lipinski definition) is 12. The van der Waals surface area contributed by atoms with Gasteiger partial charge in [-0.15, -0.1) is 0 Å². The highest BCUT2D eigenvalue weighted by Crippen LogP contribution is 2.79. The molecular weight excluding hydrogens is 801 g/mol. The first-order valence-corrected chi connectivity index (χ1v) is 24.6. The topological polar surface area (TPSA) is 157 Å². The number of aliphatic hydroxyl groups is 3. The summed E-state index contributed by atoms with van der Waals surface area (Å²) < 4.78 is 58.7. The highest BCUT2D eigenvalue weighted by Gasteiger charge is 3.11. The zero-order valence-electron chi connectivity index (χ0n) is 39.1. The second-order valence-electron chi connectivity index (χ2n) is 21.6. The molecule has 8 saturated heterocycles. The van der Waals surface area contributed by atoms with E-state index in [2.05, 4.69) is 43.4 Å². The van der Waals surface area contributed by atoms with E-state index in [1.165, 1.54) is 0 Å². The number of fused-ring (bicyclic) bond motifs is 6. The van der Waals surface area contributed by atoms with E-state index < -0.39 is 54.6 Å². The molecule has 1 aliphatic carbocycles. The Bertz CT molecular complexity index is 1590. The highest BCUT2D eigenvalue weighted by atomic mass is 17.1. The molecule has 9 fully saturated rings. The van der Waals surface area contributed by atoms with Gasteiger partial charge in [-0.3, -0.25) is 4.79 Å². The first kappa shape index (κ1) is 46.1. The summed E-state index contributed by atoms with van der Waals surface area (Å²) in [7, 11) is 3.30. The zero-order valence-corrected chi connectivity index (χ0v) is 39.1. The van der Waals surface area contributed by atoms with Gasteiger partial charge in [-0.05, 0) is 63.7 Å². The van der Waals surface area contributed by atoms with Crippen LogP contribution in [0.25, 0.3) is 0 Å². The average Bonchev–Trinajstić information content (AvgIpc) is 4.08. The van der Waals surface area contributed by atoms with Crippen LogP contribution >= 0.6 is 0 Å². The molecular formula is C48H80O14+2. The van der Waals surface area contributed by atoms with E-state index in [4.69, 9.17) is 37.9 Å². The number of epoxide rings is 2. The van der Waals surface area contributed by atoms with Gasteiger partial charge in [0.1, 0.15) is 23.9 Å². The van der Waals surface area contributed by atoms with Crippen LogP contribution in [0.5, 0.6) is 0 Å². The number of carbonyl (C=O) groups is 1. The maximum absolute atomic E-state index is 14.7. The monoisotopic (exact) mass is 881 g/mol. The van der Waals surface area contributed by atoms with Crippen LogP contribution in [0.2, 0.25) is 0 Å². The SMILES string of the molecule is CC[C@H](C)[C@@H]1[C@@H](C)C[C@H]2[O+]3[C@@H]4CC[C@H](C)[C@@H](O[C@H]5C[C@H](OC)[C@@H](O[C@H]6C[C@H](OC)[C@@H](O)[C@H](C)O6)[C@H](C)O5)[C@@H](C)CCC[C@@H]5CO[C@@H]6[C@H](O)[C@H](C)C[C@@H](C(=O)O[C@@H](C4)[C@H]4[O+]1[C@]243)[C@]56O. The molecule has 2 bridgehead atoms. The highest BCUT2D eigenvalue weighted by molar-refractivity contribution is 5.75.